The van der Waals surface area contributed by atoms with Gasteiger partial charge in [0.1, 0.15) is 11.8 Å². The van der Waals surface area contributed by atoms with Crippen LogP contribution >= 0.6 is 12.4 Å². The molecule has 1 rings (SSSR count). The zero-order chi connectivity index (χ0) is 15.2. The summed E-state index contributed by atoms with van der Waals surface area (Å²) in [5.74, 6) is -0.500. The molecule has 0 heterocycles. The molecule has 0 aliphatic heterocycles. The van der Waals surface area contributed by atoms with Crippen molar-refractivity contribution in [1.29, 1.82) is 0 Å². The summed E-state index contributed by atoms with van der Waals surface area (Å²) in [6, 6.07) is 4.75. The predicted molar refractivity (Wildman–Crippen MR) is 73.7 cm³/mol. The van der Waals surface area contributed by atoms with E-state index in [1.54, 1.807) is 0 Å². The van der Waals surface area contributed by atoms with Gasteiger partial charge < -0.3 is 20.5 Å². The number of hydrogen-bond acceptors (Lipinski definition) is 4. The van der Waals surface area contributed by atoms with Crippen LogP contribution in [0.25, 0.3) is 0 Å². The molecule has 0 spiro atoms. The van der Waals surface area contributed by atoms with E-state index in [-0.39, 0.29) is 24.8 Å². The number of halogens is 4. The Bertz CT molecular complexity index is 458. The van der Waals surface area contributed by atoms with Crippen molar-refractivity contribution in [3.05, 3.63) is 24.3 Å². The quantitative estimate of drug-likeness (QED) is 0.837. The molecule has 0 fully saturated rings. The fourth-order valence-electron chi connectivity index (χ4n) is 1.32. The number of rotatable bonds is 6. The first kappa shape index (κ1) is 19.5. The minimum absolute atomic E-state index is 0. The molecule has 0 aromatic heterocycles. The van der Waals surface area contributed by atoms with E-state index in [1.165, 1.54) is 31.4 Å². The number of methoxy groups -OCH3 is 1. The van der Waals surface area contributed by atoms with Gasteiger partial charge in [0.2, 0.25) is 5.91 Å². The highest BCUT2D eigenvalue weighted by Crippen LogP contribution is 2.21. The van der Waals surface area contributed by atoms with Crippen molar-refractivity contribution < 1.29 is 27.4 Å². The van der Waals surface area contributed by atoms with E-state index in [1.807, 2.05) is 0 Å². The molecule has 3 N–H and O–H groups in total. The molecule has 9 heteroatoms. The van der Waals surface area contributed by atoms with Gasteiger partial charge in [0.15, 0.2) is 6.61 Å². The van der Waals surface area contributed by atoms with Gasteiger partial charge in [-0.05, 0) is 12.1 Å². The number of anilines is 1. The number of alkyl halides is 3. The van der Waals surface area contributed by atoms with Gasteiger partial charge in [-0.3, -0.25) is 4.79 Å². The maximum absolute atomic E-state index is 12.0. The number of carbonyl (C=O) groups excluding carboxylic acids is 1. The fraction of sp³-hybridized carbons (Fsp3) is 0.417. The van der Waals surface area contributed by atoms with Gasteiger partial charge in [-0.1, -0.05) is 6.07 Å². The summed E-state index contributed by atoms with van der Waals surface area (Å²) in [7, 11) is 1.40. The van der Waals surface area contributed by atoms with Gasteiger partial charge in [-0.25, -0.2) is 0 Å². The average Bonchev–Trinajstić information content (AvgIpc) is 2.36. The summed E-state index contributed by atoms with van der Waals surface area (Å²) < 4.78 is 45.3. The van der Waals surface area contributed by atoms with Crippen LogP contribution in [0.4, 0.5) is 18.9 Å². The van der Waals surface area contributed by atoms with Crippen LogP contribution in [0.3, 0.4) is 0 Å². The zero-order valence-corrected chi connectivity index (χ0v) is 12.0. The van der Waals surface area contributed by atoms with Crippen LogP contribution in [0.15, 0.2) is 24.3 Å². The number of hydrogen-bond donors (Lipinski definition) is 2. The Labute approximate surface area is 126 Å². The lowest BCUT2D eigenvalue weighted by atomic mass is 10.2. The maximum Gasteiger partial charge on any atom is 0.422 e. The summed E-state index contributed by atoms with van der Waals surface area (Å²) in [6.07, 6.45) is -4.42. The standard InChI is InChI=1S/C12H15F3N2O3.ClH/c1-19-6-10(16)11(18)17-8-3-2-4-9(5-8)20-7-12(13,14)15;/h2-5,10H,6-7,16H2,1H3,(H,17,18);1H. The Morgan fingerprint density at radius 2 is 2.10 bits per heavy atom. The highest BCUT2D eigenvalue weighted by atomic mass is 35.5. The minimum atomic E-state index is -4.42. The van der Waals surface area contributed by atoms with E-state index in [4.69, 9.17) is 10.5 Å². The van der Waals surface area contributed by atoms with E-state index in [0.29, 0.717) is 5.69 Å². The lowest BCUT2D eigenvalue weighted by molar-refractivity contribution is -0.153. The Hall–Kier alpha value is -1.51. The highest BCUT2D eigenvalue weighted by molar-refractivity contribution is 5.94. The second-order valence-corrected chi connectivity index (χ2v) is 3.98. The van der Waals surface area contributed by atoms with Crippen molar-refractivity contribution in [3.8, 4) is 5.75 Å². The Morgan fingerprint density at radius 3 is 2.67 bits per heavy atom. The van der Waals surface area contributed by atoms with Gasteiger partial charge in [0.05, 0.1) is 6.61 Å². The third kappa shape index (κ3) is 7.74. The van der Waals surface area contributed by atoms with Crippen LogP contribution in [0, 0.1) is 0 Å². The number of benzene rings is 1. The highest BCUT2D eigenvalue weighted by Gasteiger charge is 2.28. The molecule has 0 aliphatic rings. The van der Waals surface area contributed by atoms with E-state index >= 15 is 0 Å². The molecule has 0 bridgehead atoms. The zero-order valence-electron chi connectivity index (χ0n) is 11.1. The summed E-state index contributed by atoms with van der Waals surface area (Å²) in [4.78, 5) is 11.6. The van der Waals surface area contributed by atoms with Crippen molar-refractivity contribution >= 4 is 24.0 Å². The van der Waals surface area contributed by atoms with Gasteiger partial charge >= 0.3 is 6.18 Å². The fourth-order valence-corrected chi connectivity index (χ4v) is 1.32. The molecule has 5 nitrogen and oxygen atoms in total. The molecule has 1 atom stereocenters. The van der Waals surface area contributed by atoms with Crippen molar-refractivity contribution in [3.63, 3.8) is 0 Å². The van der Waals surface area contributed by atoms with E-state index < -0.39 is 24.7 Å². The second-order valence-electron chi connectivity index (χ2n) is 3.98. The second kappa shape index (κ2) is 8.71. The summed E-state index contributed by atoms with van der Waals surface area (Å²) >= 11 is 0. The van der Waals surface area contributed by atoms with Gasteiger partial charge in [0.25, 0.3) is 0 Å². The number of nitrogens with two attached hydrogens (primary N) is 1. The summed E-state index contributed by atoms with van der Waals surface area (Å²) in [6.45, 7) is -1.36. The van der Waals surface area contributed by atoms with Crippen molar-refractivity contribution in [2.75, 3.05) is 25.6 Å². The molecule has 1 aromatic carbocycles. The third-order valence-electron chi connectivity index (χ3n) is 2.19. The molecule has 21 heavy (non-hydrogen) atoms. The molecule has 120 valence electrons. The van der Waals surface area contributed by atoms with Crippen LogP contribution in [0.1, 0.15) is 0 Å². The van der Waals surface area contributed by atoms with Crippen molar-refractivity contribution in [2.45, 2.75) is 12.2 Å². The van der Waals surface area contributed by atoms with Gasteiger partial charge in [-0.2, -0.15) is 13.2 Å². The predicted octanol–water partition coefficient (Wildman–Crippen LogP) is 1.96. The monoisotopic (exact) mass is 328 g/mol. The molecule has 0 saturated heterocycles. The number of ether oxygens (including phenoxy) is 2. The van der Waals surface area contributed by atoms with E-state index in [0.717, 1.165) is 0 Å². The first-order valence-corrected chi connectivity index (χ1v) is 5.67. The van der Waals surface area contributed by atoms with Crippen LogP contribution in [0.5, 0.6) is 5.75 Å². The topological polar surface area (TPSA) is 73.6 Å². The summed E-state index contributed by atoms with van der Waals surface area (Å²) in [5, 5.41) is 2.46. The Morgan fingerprint density at radius 1 is 1.43 bits per heavy atom. The number of nitrogens with one attached hydrogen (secondary N) is 1. The normalized spacial score (nSPS) is 12.2. The average molecular weight is 329 g/mol. The van der Waals surface area contributed by atoms with E-state index in [2.05, 4.69) is 10.1 Å². The largest absolute Gasteiger partial charge is 0.484 e. The van der Waals surface area contributed by atoms with Crippen molar-refractivity contribution in [2.24, 2.45) is 5.73 Å². The van der Waals surface area contributed by atoms with Crippen LogP contribution in [-0.4, -0.2) is 38.4 Å². The Balaban J connectivity index is 0.00000400. The minimum Gasteiger partial charge on any atom is -0.484 e. The number of carbonyl (C=O) groups is 1. The third-order valence-corrected chi connectivity index (χ3v) is 2.19. The van der Waals surface area contributed by atoms with Gasteiger partial charge in [-0.15, -0.1) is 12.4 Å². The first-order chi connectivity index (χ1) is 9.31. The molecular weight excluding hydrogens is 313 g/mol. The molecule has 1 aromatic rings. The molecule has 0 radical (unpaired) electrons. The van der Waals surface area contributed by atoms with Gasteiger partial charge in [0, 0.05) is 18.9 Å². The van der Waals surface area contributed by atoms with Crippen LogP contribution in [0.2, 0.25) is 0 Å². The first-order valence-electron chi connectivity index (χ1n) is 5.67. The van der Waals surface area contributed by atoms with Crippen molar-refractivity contribution in [1.82, 2.24) is 0 Å². The number of amides is 1. The lowest BCUT2D eigenvalue weighted by Gasteiger charge is -2.13. The SMILES string of the molecule is COCC(N)C(=O)Nc1cccc(OCC(F)(F)F)c1.Cl. The van der Waals surface area contributed by atoms with Crippen LogP contribution < -0.4 is 15.8 Å². The Kier molecular flexibility index (Phi) is 8.08. The smallest absolute Gasteiger partial charge is 0.422 e. The molecule has 0 aliphatic carbocycles. The summed E-state index contributed by atoms with van der Waals surface area (Å²) in [5.41, 5.74) is 5.81. The van der Waals surface area contributed by atoms with Crippen LogP contribution in [-0.2, 0) is 9.53 Å². The molecule has 0 saturated carbocycles. The molecular formula is C12H16ClF3N2O3. The van der Waals surface area contributed by atoms with E-state index in [9.17, 15) is 18.0 Å². The maximum atomic E-state index is 12.0. The molecule has 1 amide bonds. The lowest BCUT2D eigenvalue weighted by Crippen LogP contribution is -2.39. The molecule has 1 unspecified atom stereocenters.